The van der Waals surface area contributed by atoms with Gasteiger partial charge in [-0.25, -0.2) is 17.5 Å². The summed E-state index contributed by atoms with van der Waals surface area (Å²) in [5.41, 5.74) is 5.57. The standard InChI is InChI=1S/C12H17FN2O3S/c1-18-12-6-9(4-5-10(12)13)19(16,17)15-11(7-14)8-2-3-8/h4-6,8,11,15H,2-3,7,14H2,1H3. The van der Waals surface area contributed by atoms with Gasteiger partial charge in [0.25, 0.3) is 0 Å². The van der Waals surface area contributed by atoms with Gasteiger partial charge in [-0.3, -0.25) is 0 Å². The maximum Gasteiger partial charge on any atom is 0.241 e. The van der Waals surface area contributed by atoms with Crippen LogP contribution in [0, 0.1) is 11.7 Å². The van der Waals surface area contributed by atoms with Crippen molar-refractivity contribution in [1.82, 2.24) is 4.72 Å². The number of hydrogen-bond donors (Lipinski definition) is 2. The SMILES string of the molecule is COc1cc(S(=O)(=O)NC(CN)C2CC2)ccc1F. The number of benzene rings is 1. The summed E-state index contributed by atoms with van der Waals surface area (Å²) in [5.74, 6) is -0.389. The number of ether oxygens (including phenoxy) is 1. The van der Waals surface area contributed by atoms with E-state index >= 15 is 0 Å². The molecule has 0 spiro atoms. The summed E-state index contributed by atoms with van der Waals surface area (Å²) in [6.07, 6.45) is 1.97. The zero-order valence-electron chi connectivity index (χ0n) is 10.6. The van der Waals surface area contributed by atoms with E-state index < -0.39 is 15.8 Å². The van der Waals surface area contributed by atoms with Gasteiger partial charge in [-0.05, 0) is 30.9 Å². The highest BCUT2D eigenvalue weighted by Crippen LogP contribution is 2.33. The van der Waals surface area contributed by atoms with Gasteiger partial charge in [0.05, 0.1) is 12.0 Å². The van der Waals surface area contributed by atoms with Gasteiger partial charge in [0.15, 0.2) is 11.6 Å². The van der Waals surface area contributed by atoms with Gasteiger partial charge in [-0.1, -0.05) is 0 Å². The highest BCUT2D eigenvalue weighted by molar-refractivity contribution is 7.89. The quantitative estimate of drug-likeness (QED) is 0.813. The van der Waals surface area contributed by atoms with E-state index in [0.29, 0.717) is 5.92 Å². The molecule has 19 heavy (non-hydrogen) atoms. The first-order valence-corrected chi connectivity index (χ1v) is 7.52. The molecule has 0 saturated heterocycles. The summed E-state index contributed by atoms with van der Waals surface area (Å²) in [6.45, 7) is 0.252. The molecule has 0 bridgehead atoms. The lowest BCUT2D eigenvalue weighted by Gasteiger charge is -2.16. The molecule has 7 heteroatoms. The van der Waals surface area contributed by atoms with Crippen LogP contribution in [0.5, 0.6) is 5.75 Å². The first-order chi connectivity index (χ1) is 8.97. The molecule has 0 amide bonds. The highest BCUT2D eigenvalue weighted by atomic mass is 32.2. The molecule has 1 aromatic rings. The Labute approximate surface area is 112 Å². The molecule has 0 radical (unpaired) electrons. The van der Waals surface area contributed by atoms with Crippen LogP contribution in [0.15, 0.2) is 23.1 Å². The van der Waals surface area contributed by atoms with E-state index in [9.17, 15) is 12.8 Å². The van der Waals surface area contributed by atoms with E-state index in [0.717, 1.165) is 25.0 Å². The van der Waals surface area contributed by atoms with Crippen LogP contribution in [-0.4, -0.2) is 28.1 Å². The molecule has 1 aliphatic carbocycles. The van der Waals surface area contributed by atoms with Crippen molar-refractivity contribution in [3.05, 3.63) is 24.0 Å². The van der Waals surface area contributed by atoms with Crippen molar-refractivity contribution in [1.29, 1.82) is 0 Å². The summed E-state index contributed by atoms with van der Waals surface area (Å²) < 4.78 is 44.9. The minimum absolute atomic E-state index is 0.0233. The summed E-state index contributed by atoms with van der Waals surface area (Å²) in [7, 11) is -2.42. The Morgan fingerprint density at radius 1 is 1.53 bits per heavy atom. The molecule has 1 aliphatic rings. The van der Waals surface area contributed by atoms with Gasteiger partial charge in [0.2, 0.25) is 10.0 Å². The third-order valence-corrected chi connectivity index (χ3v) is 4.67. The number of nitrogens with two attached hydrogens (primary N) is 1. The van der Waals surface area contributed by atoms with E-state index in [1.54, 1.807) is 0 Å². The van der Waals surface area contributed by atoms with Gasteiger partial charge in [-0.2, -0.15) is 0 Å². The lowest BCUT2D eigenvalue weighted by Crippen LogP contribution is -2.41. The molecular weight excluding hydrogens is 271 g/mol. The van der Waals surface area contributed by atoms with Crippen LogP contribution in [0.4, 0.5) is 4.39 Å². The van der Waals surface area contributed by atoms with Crippen LogP contribution in [0.1, 0.15) is 12.8 Å². The number of sulfonamides is 1. The van der Waals surface area contributed by atoms with Crippen LogP contribution >= 0.6 is 0 Å². The molecule has 1 saturated carbocycles. The molecule has 106 valence electrons. The lowest BCUT2D eigenvalue weighted by atomic mass is 10.2. The summed E-state index contributed by atoms with van der Waals surface area (Å²) in [5, 5.41) is 0. The Balaban J connectivity index is 2.23. The predicted octanol–water partition coefficient (Wildman–Crippen LogP) is 0.850. The van der Waals surface area contributed by atoms with E-state index in [2.05, 4.69) is 4.72 Å². The second kappa shape index (κ2) is 5.44. The molecule has 5 nitrogen and oxygen atoms in total. The molecular formula is C12H17FN2O3S. The van der Waals surface area contributed by atoms with Gasteiger partial charge in [-0.15, -0.1) is 0 Å². The molecule has 1 fully saturated rings. The van der Waals surface area contributed by atoms with E-state index in [4.69, 9.17) is 10.5 Å². The van der Waals surface area contributed by atoms with Crippen molar-refractivity contribution >= 4 is 10.0 Å². The molecule has 1 unspecified atom stereocenters. The van der Waals surface area contributed by atoms with Gasteiger partial charge in [0.1, 0.15) is 0 Å². The predicted molar refractivity (Wildman–Crippen MR) is 68.8 cm³/mol. The number of hydrogen-bond acceptors (Lipinski definition) is 4. The average molecular weight is 288 g/mol. The number of methoxy groups -OCH3 is 1. The molecule has 3 N–H and O–H groups in total. The second-order valence-electron chi connectivity index (χ2n) is 4.60. The van der Waals surface area contributed by atoms with Crippen LogP contribution in [0.3, 0.4) is 0 Å². The van der Waals surface area contributed by atoms with Crippen LogP contribution in [-0.2, 0) is 10.0 Å². The van der Waals surface area contributed by atoms with Crippen LogP contribution in [0.2, 0.25) is 0 Å². The molecule has 2 rings (SSSR count). The smallest absolute Gasteiger partial charge is 0.241 e. The van der Waals surface area contributed by atoms with E-state index in [1.165, 1.54) is 13.2 Å². The first kappa shape index (κ1) is 14.2. The normalized spacial score (nSPS) is 17.2. The Morgan fingerprint density at radius 2 is 2.21 bits per heavy atom. The Hall–Kier alpha value is -1.18. The lowest BCUT2D eigenvalue weighted by molar-refractivity contribution is 0.385. The zero-order chi connectivity index (χ0) is 14.0. The van der Waals surface area contributed by atoms with Crippen molar-refractivity contribution in [2.45, 2.75) is 23.8 Å². The molecule has 1 atom stereocenters. The average Bonchev–Trinajstić information content (AvgIpc) is 3.20. The Morgan fingerprint density at radius 3 is 2.74 bits per heavy atom. The minimum Gasteiger partial charge on any atom is -0.494 e. The largest absolute Gasteiger partial charge is 0.494 e. The summed E-state index contributed by atoms with van der Waals surface area (Å²) >= 11 is 0. The van der Waals surface area contributed by atoms with Crippen LogP contribution in [0.25, 0.3) is 0 Å². The molecule has 1 aromatic carbocycles. The van der Waals surface area contributed by atoms with Gasteiger partial charge >= 0.3 is 0 Å². The third kappa shape index (κ3) is 3.23. The fourth-order valence-electron chi connectivity index (χ4n) is 1.91. The van der Waals surface area contributed by atoms with Crippen molar-refractivity contribution in [3.63, 3.8) is 0 Å². The minimum atomic E-state index is -3.70. The molecule has 0 aliphatic heterocycles. The fraction of sp³-hybridized carbons (Fsp3) is 0.500. The van der Waals surface area contributed by atoms with Gasteiger partial charge < -0.3 is 10.5 Å². The molecule has 0 heterocycles. The number of rotatable bonds is 6. The molecule has 0 aromatic heterocycles. The van der Waals surface area contributed by atoms with Crippen molar-refractivity contribution in [2.75, 3.05) is 13.7 Å². The summed E-state index contributed by atoms with van der Waals surface area (Å²) in [4.78, 5) is -0.0233. The van der Waals surface area contributed by atoms with Gasteiger partial charge in [0, 0.05) is 18.7 Å². The zero-order valence-corrected chi connectivity index (χ0v) is 11.4. The van der Waals surface area contributed by atoms with E-state index in [-0.39, 0.29) is 23.2 Å². The van der Waals surface area contributed by atoms with E-state index in [1.807, 2.05) is 0 Å². The maximum absolute atomic E-state index is 13.3. The summed E-state index contributed by atoms with van der Waals surface area (Å²) in [6, 6.07) is 3.18. The monoisotopic (exact) mass is 288 g/mol. The maximum atomic E-state index is 13.3. The topological polar surface area (TPSA) is 81.4 Å². The Kier molecular flexibility index (Phi) is 4.07. The van der Waals surface area contributed by atoms with Crippen molar-refractivity contribution in [3.8, 4) is 5.75 Å². The number of nitrogens with one attached hydrogen (secondary N) is 1. The first-order valence-electron chi connectivity index (χ1n) is 6.04. The van der Waals surface area contributed by atoms with Crippen molar-refractivity contribution in [2.24, 2.45) is 11.7 Å². The number of halogens is 1. The fourth-order valence-corrected chi connectivity index (χ4v) is 3.24. The van der Waals surface area contributed by atoms with Crippen LogP contribution < -0.4 is 15.2 Å². The second-order valence-corrected chi connectivity index (χ2v) is 6.31. The highest BCUT2D eigenvalue weighted by Gasteiger charge is 2.33. The third-order valence-electron chi connectivity index (χ3n) is 3.18. The van der Waals surface area contributed by atoms with Crippen molar-refractivity contribution < 1.29 is 17.5 Å². The Bertz CT molecular complexity index is 558.